The van der Waals surface area contributed by atoms with Crippen molar-refractivity contribution >= 4 is 23.5 Å². The van der Waals surface area contributed by atoms with Crippen LogP contribution in [0.25, 0.3) is 0 Å². The van der Waals surface area contributed by atoms with Crippen molar-refractivity contribution in [2.24, 2.45) is 10.2 Å². The van der Waals surface area contributed by atoms with Gasteiger partial charge in [0.2, 0.25) is 0 Å². The van der Waals surface area contributed by atoms with E-state index in [0.29, 0.717) is 17.2 Å². The molecule has 23 heavy (non-hydrogen) atoms. The molecule has 3 rings (SSSR count). The molecule has 0 atom stereocenters. The molecule has 116 valence electrons. The Labute approximate surface area is 133 Å². The number of para-hydroxylation sites is 1. The van der Waals surface area contributed by atoms with Crippen LogP contribution in [0.5, 0.6) is 11.5 Å². The molecule has 0 saturated heterocycles. The SMILES string of the molecule is COc1ccc(C=N/N=C2\C(=O)Nc3ccccc32)cc1OC. The summed E-state index contributed by atoms with van der Waals surface area (Å²) in [5.74, 6) is 0.990. The lowest BCUT2D eigenvalue weighted by molar-refractivity contribution is -0.110. The number of hydrogen-bond donors (Lipinski definition) is 1. The highest BCUT2D eigenvalue weighted by molar-refractivity contribution is 6.53. The molecule has 0 unspecified atom stereocenters. The Morgan fingerprint density at radius 3 is 2.61 bits per heavy atom. The molecule has 0 aliphatic carbocycles. The van der Waals surface area contributed by atoms with E-state index in [9.17, 15) is 4.79 Å². The zero-order chi connectivity index (χ0) is 16.2. The predicted octanol–water partition coefficient (Wildman–Crippen LogP) is 2.48. The van der Waals surface area contributed by atoms with Crippen LogP contribution in [0.1, 0.15) is 11.1 Å². The van der Waals surface area contributed by atoms with Crippen LogP contribution in [-0.2, 0) is 4.79 Å². The Kier molecular flexibility index (Phi) is 4.05. The second-order valence-corrected chi connectivity index (χ2v) is 4.81. The van der Waals surface area contributed by atoms with Gasteiger partial charge in [0, 0.05) is 5.56 Å². The number of rotatable bonds is 4. The fourth-order valence-corrected chi connectivity index (χ4v) is 2.29. The highest BCUT2D eigenvalue weighted by Crippen LogP contribution is 2.27. The largest absolute Gasteiger partial charge is 0.493 e. The maximum atomic E-state index is 11.9. The summed E-state index contributed by atoms with van der Waals surface area (Å²) in [6, 6.07) is 12.8. The Bertz CT molecular complexity index is 812. The molecule has 0 radical (unpaired) electrons. The number of ether oxygens (including phenoxy) is 2. The summed E-state index contributed by atoms with van der Waals surface area (Å²) in [5, 5.41) is 10.8. The van der Waals surface area contributed by atoms with Crippen LogP contribution in [0.2, 0.25) is 0 Å². The summed E-state index contributed by atoms with van der Waals surface area (Å²) in [7, 11) is 3.15. The summed E-state index contributed by atoms with van der Waals surface area (Å²) in [4.78, 5) is 11.9. The van der Waals surface area contributed by atoms with Gasteiger partial charge >= 0.3 is 0 Å². The Hall–Kier alpha value is -3.15. The molecule has 1 amide bonds. The van der Waals surface area contributed by atoms with Crippen LogP contribution < -0.4 is 14.8 Å². The first kappa shape index (κ1) is 14.8. The van der Waals surface area contributed by atoms with Crippen LogP contribution in [0.4, 0.5) is 5.69 Å². The molecule has 0 spiro atoms. The zero-order valence-electron chi connectivity index (χ0n) is 12.7. The number of methoxy groups -OCH3 is 2. The van der Waals surface area contributed by atoms with E-state index < -0.39 is 0 Å². The quantitative estimate of drug-likeness (QED) is 0.696. The number of nitrogens with zero attached hydrogens (tertiary/aromatic N) is 2. The first-order valence-corrected chi connectivity index (χ1v) is 6.96. The number of amides is 1. The van der Waals surface area contributed by atoms with Crippen LogP contribution in [0, 0.1) is 0 Å². The van der Waals surface area contributed by atoms with Gasteiger partial charge in [-0.1, -0.05) is 18.2 Å². The molecule has 6 nitrogen and oxygen atoms in total. The number of carbonyl (C=O) groups is 1. The molecule has 0 fully saturated rings. The van der Waals surface area contributed by atoms with Crippen molar-refractivity contribution in [2.45, 2.75) is 0 Å². The average Bonchev–Trinajstić information content (AvgIpc) is 2.90. The highest BCUT2D eigenvalue weighted by atomic mass is 16.5. The Morgan fingerprint density at radius 1 is 1.04 bits per heavy atom. The van der Waals surface area contributed by atoms with E-state index in [-0.39, 0.29) is 5.91 Å². The van der Waals surface area contributed by atoms with Gasteiger partial charge in [0.1, 0.15) is 0 Å². The van der Waals surface area contributed by atoms with Gasteiger partial charge in [-0.3, -0.25) is 4.79 Å². The van der Waals surface area contributed by atoms with Gasteiger partial charge in [-0.15, -0.1) is 5.10 Å². The summed E-state index contributed by atoms with van der Waals surface area (Å²) in [6.07, 6.45) is 1.56. The van der Waals surface area contributed by atoms with Crippen LogP contribution in [0.15, 0.2) is 52.7 Å². The van der Waals surface area contributed by atoms with Crippen LogP contribution in [0.3, 0.4) is 0 Å². The highest BCUT2D eigenvalue weighted by Gasteiger charge is 2.25. The minimum atomic E-state index is -0.254. The maximum Gasteiger partial charge on any atom is 0.276 e. The van der Waals surface area contributed by atoms with Crippen molar-refractivity contribution in [2.75, 3.05) is 19.5 Å². The first-order valence-electron chi connectivity index (χ1n) is 6.96. The molecule has 0 bridgehead atoms. The van der Waals surface area contributed by atoms with E-state index >= 15 is 0 Å². The molecule has 1 aliphatic heterocycles. The van der Waals surface area contributed by atoms with Crippen molar-refractivity contribution in [1.82, 2.24) is 0 Å². The van der Waals surface area contributed by atoms with E-state index in [1.54, 1.807) is 32.6 Å². The molecule has 6 heteroatoms. The maximum absolute atomic E-state index is 11.9. The number of nitrogens with one attached hydrogen (secondary N) is 1. The molecule has 1 heterocycles. The normalized spacial score (nSPS) is 14.9. The molecule has 1 N–H and O–H groups in total. The van der Waals surface area contributed by atoms with Gasteiger partial charge in [-0.05, 0) is 29.8 Å². The second kappa shape index (κ2) is 6.31. The lowest BCUT2D eigenvalue weighted by atomic mass is 10.1. The third-order valence-electron chi connectivity index (χ3n) is 3.42. The van der Waals surface area contributed by atoms with Gasteiger partial charge in [0.25, 0.3) is 5.91 Å². The molecule has 2 aromatic rings. The molecule has 2 aromatic carbocycles. The molecular weight excluding hydrogens is 294 g/mol. The van der Waals surface area contributed by atoms with E-state index in [4.69, 9.17) is 9.47 Å². The lowest BCUT2D eigenvalue weighted by Crippen LogP contribution is -2.13. The van der Waals surface area contributed by atoms with Gasteiger partial charge < -0.3 is 14.8 Å². The second-order valence-electron chi connectivity index (χ2n) is 4.81. The average molecular weight is 309 g/mol. The third kappa shape index (κ3) is 2.91. The van der Waals surface area contributed by atoms with Gasteiger partial charge in [0.05, 0.1) is 26.1 Å². The lowest BCUT2D eigenvalue weighted by Gasteiger charge is -2.07. The minimum Gasteiger partial charge on any atom is -0.493 e. The van der Waals surface area contributed by atoms with Crippen molar-refractivity contribution in [3.63, 3.8) is 0 Å². The standard InChI is InChI=1S/C17H15N3O3/c1-22-14-8-7-11(9-15(14)23-2)10-18-20-16-12-5-3-4-6-13(12)19-17(16)21/h3-10H,1-2H3,(H,19,20,21). The van der Waals surface area contributed by atoms with Crippen molar-refractivity contribution in [3.8, 4) is 11.5 Å². The summed E-state index contributed by atoms with van der Waals surface area (Å²) in [6.45, 7) is 0. The van der Waals surface area contributed by atoms with E-state index in [1.165, 1.54) is 0 Å². The Balaban J connectivity index is 1.85. The smallest absolute Gasteiger partial charge is 0.276 e. The molecule has 1 aliphatic rings. The van der Waals surface area contributed by atoms with Crippen molar-refractivity contribution in [1.29, 1.82) is 0 Å². The fourth-order valence-electron chi connectivity index (χ4n) is 2.29. The molecule has 0 saturated carbocycles. The number of fused-ring (bicyclic) bond motifs is 1. The summed E-state index contributed by atoms with van der Waals surface area (Å²) < 4.78 is 10.4. The summed E-state index contributed by atoms with van der Waals surface area (Å²) in [5.41, 5.74) is 2.59. The zero-order valence-corrected chi connectivity index (χ0v) is 12.7. The third-order valence-corrected chi connectivity index (χ3v) is 3.42. The summed E-state index contributed by atoms with van der Waals surface area (Å²) >= 11 is 0. The first-order chi connectivity index (χ1) is 11.2. The van der Waals surface area contributed by atoms with E-state index in [0.717, 1.165) is 16.8 Å². The number of anilines is 1. The predicted molar refractivity (Wildman–Crippen MR) is 88.7 cm³/mol. The number of carbonyl (C=O) groups excluding carboxylic acids is 1. The Morgan fingerprint density at radius 2 is 1.83 bits per heavy atom. The van der Waals surface area contributed by atoms with Gasteiger partial charge in [0.15, 0.2) is 17.2 Å². The molecular formula is C17H15N3O3. The van der Waals surface area contributed by atoms with Gasteiger partial charge in [-0.2, -0.15) is 5.10 Å². The fraction of sp³-hybridized carbons (Fsp3) is 0.118. The van der Waals surface area contributed by atoms with Crippen molar-refractivity contribution < 1.29 is 14.3 Å². The van der Waals surface area contributed by atoms with E-state index in [1.807, 2.05) is 30.3 Å². The molecule has 0 aromatic heterocycles. The van der Waals surface area contributed by atoms with Crippen LogP contribution in [-0.4, -0.2) is 32.1 Å². The minimum absolute atomic E-state index is 0.254. The van der Waals surface area contributed by atoms with Crippen LogP contribution >= 0.6 is 0 Å². The van der Waals surface area contributed by atoms with Gasteiger partial charge in [-0.25, -0.2) is 0 Å². The van der Waals surface area contributed by atoms with E-state index in [2.05, 4.69) is 15.5 Å². The number of hydrogen-bond acceptors (Lipinski definition) is 5. The van der Waals surface area contributed by atoms with Crippen molar-refractivity contribution in [3.05, 3.63) is 53.6 Å². The topological polar surface area (TPSA) is 72.3 Å². The number of benzene rings is 2. The monoisotopic (exact) mass is 309 g/mol.